The van der Waals surface area contributed by atoms with Crippen LogP contribution in [0.3, 0.4) is 0 Å². The molecule has 0 saturated carbocycles. The molecule has 0 spiro atoms. The van der Waals surface area contributed by atoms with Gasteiger partial charge in [-0.3, -0.25) is 24.0 Å². The summed E-state index contributed by atoms with van der Waals surface area (Å²) in [6, 6.07) is 18.2. The number of carbonyl (C=O) groups is 5. The molecule has 2 saturated heterocycles. The molecule has 2 aliphatic rings. The van der Waals surface area contributed by atoms with Crippen molar-refractivity contribution >= 4 is 29.8 Å². The average molecular weight is 733 g/mol. The molecule has 0 radical (unpaired) electrons. The maximum atomic E-state index is 12.5. The second-order valence-corrected chi connectivity index (χ2v) is 12.1. The van der Waals surface area contributed by atoms with Crippen molar-refractivity contribution in [3.8, 4) is 0 Å². The number of esters is 5. The summed E-state index contributed by atoms with van der Waals surface area (Å²) in [5.74, 6) is -3.83. The molecule has 2 heterocycles. The molecule has 4 unspecified atom stereocenters. The summed E-state index contributed by atoms with van der Waals surface area (Å²) in [5.41, 5.74) is 1.53. The maximum Gasteiger partial charge on any atom is 0.303 e. The lowest BCUT2D eigenvalue weighted by Gasteiger charge is -2.48. The quantitative estimate of drug-likeness (QED) is 0.206. The fourth-order valence-electron chi connectivity index (χ4n) is 5.75. The summed E-state index contributed by atoms with van der Waals surface area (Å²) in [5, 5.41) is 11.3. The van der Waals surface area contributed by atoms with Crippen LogP contribution in [0, 0.1) is 0 Å². The Morgan fingerprint density at radius 1 is 0.538 bits per heavy atom. The normalized spacial score (nSPS) is 28.6. The number of ether oxygens (including phenoxy) is 10. The van der Waals surface area contributed by atoms with E-state index in [2.05, 4.69) is 0 Å². The van der Waals surface area contributed by atoms with Crippen LogP contribution >= 0.6 is 0 Å². The number of hydrogen-bond acceptors (Lipinski definition) is 16. The fourth-order valence-corrected chi connectivity index (χ4v) is 5.75. The Labute approximate surface area is 300 Å². The van der Waals surface area contributed by atoms with Gasteiger partial charge in [0.1, 0.15) is 43.7 Å². The van der Waals surface area contributed by atoms with Crippen LogP contribution in [-0.2, 0) is 84.6 Å². The third kappa shape index (κ3) is 11.8. The number of benzene rings is 2. The van der Waals surface area contributed by atoms with Crippen molar-refractivity contribution in [1.29, 1.82) is 0 Å². The lowest BCUT2D eigenvalue weighted by molar-refractivity contribution is -0.364. The van der Waals surface area contributed by atoms with Gasteiger partial charge in [-0.25, -0.2) is 0 Å². The van der Waals surface area contributed by atoms with E-state index in [1.807, 2.05) is 60.7 Å². The molecular formula is C36H44O16. The van der Waals surface area contributed by atoms with Gasteiger partial charge in [-0.2, -0.15) is 0 Å². The van der Waals surface area contributed by atoms with Crippen LogP contribution in [0.4, 0.5) is 0 Å². The first-order valence-electron chi connectivity index (χ1n) is 16.6. The van der Waals surface area contributed by atoms with E-state index in [1.54, 1.807) is 0 Å². The highest BCUT2D eigenvalue weighted by atomic mass is 16.8. The second kappa shape index (κ2) is 19.4. The molecule has 10 atom stereocenters. The standard InChI is InChI=1S/C36H44O16/c1-20(37)43-18-27-29(31(45-16-25-12-8-6-9-13-25)33(35(42)50-27)46-17-26-14-10-7-11-15-26)52-36-34(49-24(5)41)32(48-23(4)40)30(47-22(3)39)28(51-36)19-44-21(2)38/h6-15,27-36,42H,16-19H2,1-5H3/t27?,28?,29-,30+,31+,32+,33?,34?,35+,36+/m1/s1. The van der Waals surface area contributed by atoms with Gasteiger partial charge in [-0.05, 0) is 11.1 Å². The third-order valence-electron chi connectivity index (χ3n) is 7.87. The van der Waals surface area contributed by atoms with Crippen LogP contribution in [0.25, 0.3) is 0 Å². The van der Waals surface area contributed by atoms with Crippen molar-refractivity contribution in [3.63, 3.8) is 0 Å². The highest BCUT2D eigenvalue weighted by Gasteiger charge is 2.56. The molecule has 52 heavy (non-hydrogen) atoms. The van der Waals surface area contributed by atoms with Crippen molar-refractivity contribution in [2.45, 2.75) is 109 Å². The van der Waals surface area contributed by atoms with Crippen LogP contribution in [0.1, 0.15) is 45.7 Å². The molecule has 16 nitrogen and oxygen atoms in total. The molecule has 0 aliphatic carbocycles. The van der Waals surface area contributed by atoms with Crippen molar-refractivity contribution in [2.75, 3.05) is 13.2 Å². The lowest BCUT2D eigenvalue weighted by atomic mass is 9.96. The molecule has 2 fully saturated rings. The molecule has 0 bridgehead atoms. The van der Waals surface area contributed by atoms with E-state index in [-0.39, 0.29) is 13.2 Å². The number of carbonyl (C=O) groups excluding carboxylic acids is 5. The first-order valence-corrected chi connectivity index (χ1v) is 16.6. The molecular weight excluding hydrogens is 688 g/mol. The first-order chi connectivity index (χ1) is 24.8. The number of hydrogen-bond donors (Lipinski definition) is 1. The molecule has 0 aromatic heterocycles. The smallest absolute Gasteiger partial charge is 0.303 e. The van der Waals surface area contributed by atoms with Crippen LogP contribution in [-0.4, -0.2) is 110 Å². The molecule has 2 aromatic carbocycles. The maximum absolute atomic E-state index is 12.5. The number of aliphatic hydroxyl groups excluding tert-OH is 1. The zero-order valence-electron chi connectivity index (χ0n) is 29.4. The van der Waals surface area contributed by atoms with Crippen molar-refractivity contribution in [2.24, 2.45) is 0 Å². The van der Waals surface area contributed by atoms with Crippen LogP contribution < -0.4 is 0 Å². The summed E-state index contributed by atoms with van der Waals surface area (Å²) in [4.78, 5) is 60.8. The molecule has 1 N–H and O–H groups in total. The van der Waals surface area contributed by atoms with Crippen molar-refractivity contribution in [3.05, 3.63) is 71.8 Å². The lowest BCUT2D eigenvalue weighted by Crippen LogP contribution is -2.66. The van der Waals surface area contributed by atoms with Crippen LogP contribution in [0.15, 0.2) is 60.7 Å². The van der Waals surface area contributed by atoms with Crippen LogP contribution in [0.2, 0.25) is 0 Å². The van der Waals surface area contributed by atoms with Crippen molar-refractivity contribution in [1.82, 2.24) is 0 Å². The van der Waals surface area contributed by atoms with E-state index < -0.39 is 104 Å². The van der Waals surface area contributed by atoms with Gasteiger partial charge in [0.25, 0.3) is 0 Å². The Kier molecular flexibility index (Phi) is 15.0. The highest BCUT2D eigenvalue weighted by molar-refractivity contribution is 5.69. The summed E-state index contributed by atoms with van der Waals surface area (Å²) in [6.07, 6.45) is -14.1. The Morgan fingerprint density at radius 2 is 0.981 bits per heavy atom. The molecule has 2 aliphatic heterocycles. The van der Waals surface area contributed by atoms with E-state index in [0.29, 0.717) is 0 Å². The minimum Gasteiger partial charge on any atom is -0.463 e. The first kappa shape index (κ1) is 40.3. The molecule has 16 heteroatoms. The van der Waals surface area contributed by atoms with E-state index in [4.69, 9.17) is 47.4 Å². The molecule has 2 aromatic rings. The minimum atomic E-state index is -1.65. The monoisotopic (exact) mass is 732 g/mol. The average Bonchev–Trinajstić information content (AvgIpc) is 3.08. The van der Waals surface area contributed by atoms with Gasteiger partial charge >= 0.3 is 29.8 Å². The third-order valence-corrected chi connectivity index (χ3v) is 7.87. The largest absolute Gasteiger partial charge is 0.463 e. The Hall–Kier alpha value is -4.45. The predicted molar refractivity (Wildman–Crippen MR) is 174 cm³/mol. The van der Waals surface area contributed by atoms with E-state index in [1.165, 1.54) is 6.92 Å². The molecule has 4 rings (SSSR count). The summed E-state index contributed by atoms with van der Waals surface area (Å²) < 4.78 is 58.3. The van der Waals surface area contributed by atoms with E-state index in [0.717, 1.165) is 38.8 Å². The molecule has 284 valence electrons. The van der Waals surface area contributed by atoms with Gasteiger partial charge in [0.05, 0.1) is 13.2 Å². The topological polar surface area (TPSA) is 198 Å². The summed E-state index contributed by atoms with van der Waals surface area (Å²) in [7, 11) is 0. The van der Waals surface area contributed by atoms with Crippen molar-refractivity contribution < 1.29 is 76.4 Å². The SMILES string of the molecule is CC(=O)OCC1O[C@H](O)C(OCc2ccccc2)[C@@H](OCc2ccccc2)[C@@H]1O[C@@H]1OC(COC(C)=O)[C@H](OC(C)=O)[C@H](OC(C)=O)C1OC(C)=O. The second-order valence-electron chi connectivity index (χ2n) is 12.1. The number of aliphatic hydroxyl groups is 1. The van der Waals surface area contributed by atoms with Gasteiger partial charge in [0, 0.05) is 34.6 Å². The Balaban J connectivity index is 1.78. The van der Waals surface area contributed by atoms with E-state index >= 15 is 0 Å². The summed E-state index contributed by atoms with van der Waals surface area (Å²) >= 11 is 0. The zero-order valence-corrected chi connectivity index (χ0v) is 29.4. The minimum absolute atomic E-state index is 0.00213. The van der Waals surface area contributed by atoms with E-state index in [9.17, 15) is 29.1 Å². The zero-order chi connectivity index (χ0) is 37.8. The predicted octanol–water partition coefficient (Wildman–Crippen LogP) is 1.91. The highest BCUT2D eigenvalue weighted by Crippen LogP contribution is 2.35. The van der Waals surface area contributed by atoms with Gasteiger partial charge in [-0.1, -0.05) is 60.7 Å². The van der Waals surface area contributed by atoms with Gasteiger partial charge in [-0.15, -0.1) is 0 Å². The molecule has 0 amide bonds. The van der Waals surface area contributed by atoms with Gasteiger partial charge < -0.3 is 52.5 Å². The number of rotatable bonds is 15. The Morgan fingerprint density at radius 3 is 1.46 bits per heavy atom. The fraction of sp³-hybridized carbons (Fsp3) is 0.528. The summed E-state index contributed by atoms with van der Waals surface area (Å²) in [6.45, 7) is 4.72. The van der Waals surface area contributed by atoms with Gasteiger partial charge in [0.15, 0.2) is 30.9 Å². The van der Waals surface area contributed by atoms with Crippen LogP contribution in [0.5, 0.6) is 0 Å². The Bertz CT molecular complexity index is 1490. The van der Waals surface area contributed by atoms with Gasteiger partial charge in [0.2, 0.25) is 0 Å².